The highest BCUT2D eigenvalue weighted by molar-refractivity contribution is 4.88. The minimum atomic E-state index is 0.279. The third kappa shape index (κ3) is 4.12. The molecule has 0 saturated heterocycles. The van der Waals surface area contributed by atoms with E-state index < -0.39 is 0 Å². The van der Waals surface area contributed by atoms with Crippen molar-refractivity contribution < 1.29 is 5.11 Å². The van der Waals surface area contributed by atoms with Crippen molar-refractivity contribution in [3.63, 3.8) is 0 Å². The highest BCUT2D eigenvalue weighted by Gasteiger charge is 2.32. The predicted molar refractivity (Wildman–Crippen MR) is 64.8 cm³/mol. The molecule has 0 radical (unpaired) electrons. The normalized spacial score (nSPS) is 28.2. The number of aliphatic hydroxyl groups excluding tert-OH is 1. The molecule has 0 aromatic heterocycles. The number of aliphatic hydroxyl groups is 1. The van der Waals surface area contributed by atoms with Crippen molar-refractivity contribution in [1.29, 1.82) is 0 Å². The summed E-state index contributed by atoms with van der Waals surface area (Å²) in [7, 11) is 0. The first-order valence-electron chi connectivity index (χ1n) is 6.39. The van der Waals surface area contributed by atoms with Crippen LogP contribution in [0.25, 0.3) is 0 Å². The number of hydrogen-bond acceptors (Lipinski definition) is 2. The van der Waals surface area contributed by atoms with E-state index in [1.54, 1.807) is 0 Å². The highest BCUT2D eigenvalue weighted by atomic mass is 16.3. The van der Waals surface area contributed by atoms with Gasteiger partial charge in [0.25, 0.3) is 0 Å². The van der Waals surface area contributed by atoms with Crippen molar-refractivity contribution in [2.24, 2.45) is 17.8 Å². The standard InChI is InChI=1S/C13H27NO/c1-9(2)5-13(8-15)14-12-6-11(7-12)10(3)4/h9-15H,5-8H2,1-4H3. The van der Waals surface area contributed by atoms with E-state index in [1.807, 2.05) is 0 Å². The topological polar surface area (TPSA) is 32.3 Å². The summed E-state index contributed by atoms with van der Waals surface area (Å²) in [5.41, 5.74) is 0. The number of hydrogen-bond donors (Lipinski definition) is 2. The summed E-state index contributed by atoms with van der Waals surface area (Å²) in [6.45, 7) is 9.31. The van der Waals surface area contributed by atoms with E-state index >= 15 is 0 Å². The Balaban J connectivity index is 2.18. The van der Waals surface area contributed by atoms with Crippen molar-refractivity contribution in [2.45, 2.75) is 59.0 Å². The smallest absolute Gasteiger partial charge is 0.0584 e. The average molecular weight is 213 g/mol. The molecule has 1 atom stereocenters. The second-order valence-electron chi connectivity index (χ2n) is 5.85. The number of nitrogens with one attached hydrogen (secondary N) is 1. The Morgan fingerprint density at radius 1 is 1.20 bits per heavy atom. The van der Waals surface area contributed by atoms with Gasteiger partial charge in [-0.2, -0.15) is 0 Å². The molecule has 90 valence electrons. The van der Waals surface area contributed by atoms with E-state index in [2.05, 4.69) is 33.0 Å². The first-order valence-corrected chi connectivity index (χ1v) is 6.39. The first-order chi connectivity index (χ1) is 7.02. The van der Waals surface area contributed by atoms with Crippen LogP contribution in [0.2, 0.25) is 0 Å². The molecule has 0 heterocycles. The Labute approximate surface area is 94.5 Å². The van der Waals surface area contributed by atoms with Gasteiger partial charge in [-0.15, -0.1) is 0 Å². The van der Waals surface area contributed by atoms with E-state index in [0.29, 0.717) is 18.0 Å². The minimum Gasteiger partial charge on any atom is -0.395 e. The van der Waals surface area contributed by atoms with E-state index in [9.17, 15) is 5.11 Å². The van der Waals surface area contributed by atoms with Gasteiger partial charge in [-0.3, -0.25) is 0 Å². The van der Waals surface area contributed by atoms with Crippen LogP contribution in [0.5, 0.6) is 0 Å². The maximum Gasteiger partial charge on any atom is 0.0584 e. The van der Waals surface area contributed by atoms with Crippen LogP contribution in [0.4, 0.5) is 0 Å². The summed E-state index contributed by atoms with van der Waals surface area (Å²) < 4.78 is 0. The summed E-state index contributed by atoms with van der Waals surface area (Å²) in [6, 6.07) is 0.969. The molecular weight excluding hydrogens is 186 g/mol. The predicted octanol–water partition coefficient (Wildman–Crippen LogP) is 2.42. The summed E-state index contributed by atoms with van der Waals surface area (Å²) in [5.74, 6) is 2.39. The van der Waals surface area contributed by atoms with Gasteiger partial charge >= 0.3 is 0 Å². The van der Waals surface area contributed by atoms with Gasteiger partial charge < -0.3 is 10.4 Å². The summed E-state index contributed by atoms with van der Waals surface area (Å²) >= 11 is 0. The molecule has 2 nitrogen and oxygen atoms in total. The monoisotopic (exact) mass is 213 g/mol. The van der Waals surface area contributed by atoms with E-state index in [0.717, 1.165) is 18.3 Å². The van der Waals surface area contributed by atoms with Crippen molar-refractivity contribution in [2.75, 3.05) is 6.61 Å². The van der Waals surface area contributed by atoms with E-state index in [4.69, 9.17) is 0 Å². The first kappa shape index (κ1) is 13.0. The molecule has 1 unspecified atom stereocenters. The molecule has 0 aromatic rings. The van der Waals surface area contributed by atoms with Gasteiger partial charge in [0.2, 0.25) is 0 Å². The number of rotatable bonds is 6. The summed E-state index contributed by atoms with van der Waals surface area (Å²) in [6.07, 6.45) is 3.68. The third-order valence-electron chi connectivity index (χ3n) is 3.57. The van der Waals surface area contributed by atoms with Gasteiger partial charge in [0, 0.05) is 12.1 Å². The zero-order valence-electron chi connectivity index (χ0n) is 10.7. The molecule has 1 saturated carbocycles. The fourth-order valence-electron chi connectivity index (χ4n) is 2.44. The molecule has 0 amide bonds. The molecular formula is C13H27NO. The molecule has 15 heavy (non-hydrogen) atoms. The molecule has 0 aromatic carbocycles. The minimum absolute atomic E-state index is 0.279. The zero-order chi connectivity index (χ0) is 11.4. The second kappa shape index (κ2) is 5.86. The molecule has 1 aliphatic carbocycles. The van der Waals surface area contributed by atoms with Crippen LogP contribution in [-0.2, 0) is 0 Å². The van der Waals surface area contributed by atoms with Crippen LogP contribution in [0.15, 0.2) is 0 Å². The lowest BCUT2D eigenvalue weighted by molar-refractivity contribution is 0.131. The van der Waals surface area contributed by atoms with Gasteiger partial charge in [0.15, 0.2) is 0 Å². The quantitative estimate of drug-likeness (QED) is 0.710. The maximum atomic E-state index is 9.26. The van der Waals surface area contributed by atoms with E-state index in [1.165, 1.54) is 12.8 Å². The molecule has 1 fully saturated rings. The molecule has 0 aliphatic heterocycles. The van der Waals surface area contributed by atoms with E-state index in [-0.39, 0.29) is 6.61 Å². The molecule has 2 heteroatoms. The van der Waals surface area contributed by atoms with Gasteiger partial charge in [-0.05, 0) is 37.0 Å². The van der Waals surface area contributed by atoms with Crippen molar-refractivity contribution in [3.8, 4) is 0 Å². The molecule has 1 aliphatic rings. The Kier molecular flexibility index (Phi) is 5.07. The molecule has 0 bridgehead atoms. The SMILES string of the molecule is CC(C)CC(CO)NC1CC(C(C)C)C1. The Morgan fingerprint density at radius 2 is 1.80 bits per heavy atom. The fraction of sp³-hybridized carbons (Fsp3) is 1.00. The van der Waals surface area contributed by atoms with Gasteiger partial charge in [0.1, 0.15) is 0 Å². The van der Waals surface area contributed by atoms with Crippen LogP contribution in [-0.4, -0.2) is 23.8 Å². The van der Waals surface area contributed by atoms with Crippen LogP contribution < -0.4 is 5.32 Å². The largest absolute Gasteiger partial charge is 0.395 e. The lowest BCUT2D eigenvalue weighted by Gasteiger charge is -2.40. The summed E-state index contributed by atoms with van der Waals surface area (Å²) in [5, 5.41) is 12.8. The Morgan fingerprint density at radius 3 is 2.20 bits per heavy atom. The van der Waals surface area contributed by atoms with Crippen LogP contribution >= 0.6 is 0 Å². The Bertz CT molecular complexity index is 173. The molecule has 1 rings (SSSR count). The molecule has 2 N–H and O–H groups in total. The Hall–Kier alpha value is -0.0800. The van der Waals surface area contributed by atoms with Crippen molar-refractivity contribution in [1.82, 2.24) is 5.32 Å². The fourth-order valence-corrected chi connectivity index (χ4v) is 2.44. The van der Waals surface area contributed by atoms with Gasteiger partial charge in [-0.1, -0.05) is 27.7 Å². The van der Waals surface area contributed by atoms with Gasteiger partial charge in [0.05, 0.1) is 6.61 Å². The van der Waals surface area contributed by atoms with Crippen LogP contribution in [0.3, 0.4) is 0 Å². The van der Waals surface area contributed by atoms with Gasteiger partial charge in [-0.25, -0.2) is 0 Å². The lowest BCUT2D eigenvalue weighted by atomic mass is 9.73. The zero-order valence-corrected chi connectivity index (χ0v) is 10.7. The highest BCUT2D eigenvalue weighted by Crippen LogP contribution is 2.33. The summed E-state index contributed by atoms with van der Waals surface area (Å²) in [4.78, 5) is 0. The second-order valence-corrected chi connectivity index (χ2v) is 5.85. The average Bonchev–Trinajstić information content (AvgIpc) is 2.06. The van der Waals surface area contributed by atoms with Crippen molar-refractivity contribution >= 4 is 0 Å². The lowest BCUT2D eigenvalue weighted by Crippen LogP contribution is -2.49. The van der Waals surface area contributed by atoms with Crippen molar-refractivity contribution in [3.05, 3.63) is 0 Å². The van der Waals surface area contributed by atoms with Crippen LogP contribution in [0, 0.1) is 17.8 Å². The molecule has 0 spiro atoms. The van der Waals surface area contributed by atoms with Crippen LogP contribution in [0.1, 0.15) is 47.0 Å². The maximum absolute atomic E-state index is 9.26. The third-order valence-corrected chi connectivity index (χ3v) is 3.57.